The molecule has 0 radical (unpaired) electrons. The summed E-state index contributed by atoms with van der Waals surface area (Å²) in [5.74, 6) is 21.7. The van der Waals surface area contributed by atoms with Crippen LogP contribution in [0, 0.1) is 96.7 Å². The SMILES string of the molecule is CC.CC.CCC#CCC(OP(P)P)c1ccccc1/C=C/C(OPP)C(C/C=C\CCC)P=O.CCCCC(/C=C/C=C\CCc1ccccc1C(CC)OPP)OP.CCCCC(OP(P)P)C(/C=C/C=C/C=C/CC#C/C=C/C(C)CC)OPP.CCCCC1CC1/C=C/C=C/C=C\CC#C/C=C/C(CC)OP.C[CH-]c1ccccc1C/C=C/C(C)C.[U]. The molecule has 702 valence electrons. The van der Waals surface area contributed by atoms with Crippen molar-refractivity contribution < 1.29 is 67.3 Å². The molecule has 1 aliphatic carbocycles. The van der Waals surface area contributed by atoms with Gasteiger partial charge in [-0.1, -0.05) is 449 Å². The van der Waals surface area contributed by atoms with Crippen molar-refractivity contribution in [2.45, 2.75) is 307 Å². The Labute approximate surface area is 827 Å². The third-order valence-electron chi connectivity index (χ3n) is 18.7. The van der Waals surface area contributed by atoms with E-state index < -0.39 is 15.1 Å². The second-order valence-corrected chi connectivity index (χ2v) is 45.4. The van der Waals surface area contributed by atoms with E-state index in [0.717, 1.165) is 126 Å². The molecule has 4 rings (SSSR count). The van der Waals surface area contributed by atoms with Crippen LogP contribution in [0.2, 0.25) is 0 Å². The molecule has 0 aromatic heterocycles. The third-order valence-corrected chi connectivity index (χ3v) is 25.1. The Hall–Kier alpha value is -0.278. The molecule has 126 heavy (non-hydrogen) atoms. The average molecular weight is 2220 g/mol. The molecule has 23 atom stereocenters. The van der Waals surface area contributed by atoms with E-state index in [0.29, 0.717) is 35.2 Å². The maximum atomic E-state index is 11.8. The fourth-order valence-corrected chi connectivity index (χ4v) is 18.2. The van der Waals surface area contributed by atoms with Gasteiger partial charge in [0.05, 0.1) is 57.3 Å². The van der Waals surface area contributed by atoms with E-state index in [4.69, 9.17) is 31.7 Å². The van der Waals surface area contributed by atoms with Gasteiger partial charge in [0.2, 0.25) is 0 Å². The molecule has 3 aromatic rings. The molecule has 0 aliphatic heterocycles. The van der Waals surface area contributed by atoms with Crippen molar-refractivity contribution in [1.29, 1.82) is 0 Å². The predicted molar refractivity (Wildman–Crippen MR) is 603 cm³/mol. The molecule has 0 saturated heterocycles. The van der Waals surface area contributed by atoms with Crippen molar-refractivity contribution in [3.05, 3.63) is 264 Å². The molecule has 0 N–H and O–H groups in total. The van der Waals surface area contributed by atoms with Crippen molar-refractivity contribution in [1.82, 2.24) is 0 Å². The largest absolute Gasteiger partial charge is 0.358 e. The minimum absolute atomic E-state index is 0. The molecule has 8 nitrogen and oxygen atoms in total. The quantitative estimate of drug-likeness (QED) is 0.0182. The van der Waals surface area contributed by atoms with Crippen LogP contribution in [0.1, 0.15) is 291 Å². The summed E-state index contributed by atoms with van der Waals surface area (Å²) in [6.07, 6.45) is 81.4. The smallest absolute Gasteiger partial charge is 0.162 e. The van der Waals surface area contributed by atoms with Gasteiger partial charge in [0.25, 0.3) is 0 Å². The van der Waals surface area contributed by atoms with Gasteiger partial charge in [-0.25, -0.2) is 0 Å². The van der Waals surface area contributed by atoms with Crippen LogP contribution in [0.4, 0.5) is 0 Å². The first-order valence-electron chi connectivity index (χ1n) is 45.4. The first-order valence-corrected chi connectivity index (χ1v) is 64.3. The zero-order chi connectivity index (χ0) is 93.4. The summed E-state index contributed by atoms with van der Waals surface area (Å²) in [6, 6.07) is 25.4. The summed E-state index contributed by atoms with van der Waals surface area (Å²) < 4.78 is 52.4. The molecule has 1 aliphatic rings. The van der Waals surface area contributed by atoms with E-state index in [1.807, 2.05) is 95.4 Å². The Morgan fingerprint density at radius 2 is 1.12 bits per heavy atom. The summed E-state index contributed by atoms with van der Waals surface area (Å²) in [5, 5.41) is 0. The molecule has 3 aromatic carbocycles. The number of unbranched alkanes of at least 4 members (excludes halogenated alkanes) is 4. The van der Waals surface area contributed by atoms with Crippen LogP contribution in [0.25, 0.3) is 6.08 Å². The van der Waals surface area contributed by atoms with Gasteiger partial charge < -0.3 is 31.7 Å². The Morgan fingerprint density at radius 3 is 1.70 bits per heavy atom. The summed E-state index contributed by atoms with van der Waals surface area (Å²) in [7, 11) is 23.4. The number of allylic oxidation sites excluding steroid dienone is 21. The van der Waals surface area contributed by atoms with Gasteiger partial charge >= 0.3 is 0 Å². The molecule has 23 unspecified atom stereocenters. The third kappa shape index (κ3) is 75.9. The molecule has 0 spiro atoms. The first kappa shape index (κ1) is 132. The van der Waals surface area contributed by atoms with Gasteiger partial charge in [-0.2, -0.15) is 18.1 Å². The topological polar surface area (TPSA) is 81.7 Å². The number of hydrogen-bond acceptors (Lipinski definition) is 8. The molecule has 1 fully saturated rings. The fraction of sp³-hybridized carbons (Fsp3) is 0.500. The van der Waals surface area contributed by atoms with Crippen molar-refractivity contribution in [3.8, 4) is 35.5 Å². The fourth-order valence-electron chi connectivity index (χ4n) is 11.6. The summed E-state index contributed by atoms with van der Waals surface area (Å²) in [5.41, 5.74) is 7.54. The van der Waals surface area contributed by atoms with Gasteiger partial charge in [0.1, 0.15) is 6.10 Å². The van der Waals surface area contributed by atoms with Crippen LogP contribution in [-0.4, -0.2) is 36.2 Å². The van der Waals surface area contributed by atoms with Crippen LogP contribution in [0.3, 0.4) is 0 Å². The molecule has 0 heterocycles. The minimum Gasteiger partial charge on any atom is -0.358 e. The summed E-state index contributed by atoms with van der Waals surface area (Å²) in [6.45, 7) is 34.0. The van der Waals surface area contributed by atoms with E-state index in [9.17, 15) is 4.57 Å². The number of rotatable bonds is 55. The standard InChI is InChI=1S/C22H34O3P6.C21H37O2P5.C21H31OP.C20H33O2P3.C14H19.2C2H6.U/c1-3-5-7-9-15-22(29-23)21(24-30-26)17-16-18-12-10-11-13-19(18)20(25-31(27)28)14-8-6-4-2;1-4-6-17-21(23-28(25)26)20(22-27-24)18-15-13-11-9-7-8-10-12-14-16-19(3)5-2;1-3-5-15-19-18-20(19)16-13-11-9-7-6-8-10-12-14-17-21(4-2)22-23;1-3-5-14-18(21-23)15-9-7-6-8-12-17-13-10-11-16-19(17)20(4-2)22-25-24;1-4-13-9-5-6-10-14(13)11-7-8-12(2)3;2*1-2;/h7,9-13,16-17,20-22,30H,3-5,14-15,26-28H2,1-2H3;7,9,11,13-16,18-21,27H,4-6,8,17,24-26H2,1-3H3;6-7,9,11,13-14,16-17,19-21H,3-5,8,15,18,23H2,1-2H3;6-7,9-11,13,15-16,18,20,25H,3-5,8,12,14,23-24H2,1-2H3;4-10,12H,11H2,1-3H3;2*1-2H3;/q;;;;-1;;;/b9-7-,17-16+;9-7+,13-11+,16-14+,18-15+;7-6-,11-9+,16-13+,17-14+;7-6-,15-9+;8-7+;;;. The Kier molecular flexibility index (Phi) is 104. The molecule has 24 heteroatoms. The maximum absolute atomic E-state index is 11.8. The minimum atomic E-state index is -0.682. The Balaban J connectivity index is -0.000000740. The van der Waals surface area contributed by atoms with Gasteiger partial charge in [-0.15, -0.1) is 29.5 Å². The second kappa shape index (κ2) is 99.2. The van der Waals surface area contributed by atoms with Crippen molar-refractivity contribution in [2.75, 3.05) is 0 Å². The Bertz CT molecular complexity index is 3690. The van der Waals surface area contributed by atoms with Crippen LogP contribution in [0.15, 0.2) is 225 Å². The van der Waals surface area contributed by atoms with Gasteiger partial charge in [0.15, 0.2) is 8.46 Å². The van der Waals surface area contributed by atoms with Gasteiger partial charge in [-0.3, -0.25) is 4.57 Å². The number of aryl methyl sites for hydroxylation is 1. The van der Waals surface area contributed by atoms with E-state index in [2.05, 4.69) is 370 Å². The molecule has 0 amide bonds. The monoisotopic (exact) mass is 2220 g/mol. The first-order chi connectivity index (χ1) is 60.9. The summed E-state index contributed by atoms with van der Waals surface area (Å²) >= 11 is 0. The van der Waals surface area contributed by atoms with E-state index >= 15 is 0 Å². The molecular formula is C102H166O8P15U-. The zero-order valence-electron chi connectivity index (χ0n) is 79.5. The second-order valence-electron chi connectivity index (χ2n) is 28.9. The van der Waals surface area contributed by atoms with Crippen LogP contribution >= 0.6 is 130 Å². The zero-order valence-corrected chi connectivity index (χ0v) is 99.8. The molecular weight excluding hydrogens is 2060 g/mol. The normalized spacial score (nSPS) is 15.7. The van der Waals surface area contributed by atoms with Crippen molar-refractivity contribution >= 4 is 137 Å². The van der Waals surface area contributed by atoms with Gasteiger partial charge in [-0.05, 0) is 128 Å². The number of benzene rings is 3. The van der Waals surface area contributed by atoms with E-state index in [1.165, 1.54) is 60.8 Å². The maximum Gasteiger partial charge on any atom is 0.162 e. The molecule has 0 bridgehead atoms. The van der Waals surface area contributed by atoms with E-state index in [-0.39, 0.29) is 96.5 Å². The van der Waals surface area contributed by atoms with Crippen molar-refractivity contribution in [2.24, 2.45) is 23.7 Å². The van der Waals surface area contributed by atoms with Crippen LogP contribution in [0.5, 0.6) is 0 Å². The van der Waals surface area contributed by atoms with Gasteiger partial charge in [0, 0.05) is 101 Å². The summed E-state index contributed by atoms with van der Waals surface area (Å²) in [4.78, 5) is 0. The molecule has 1 saturated carbocycles. The predicted octanol–water partition coefficient (Wildman–Crippen LogP) is 35.7. The van der Waals surface area contributed by atoms with Crippen LogP contribution in [-0.2, 0) is 49.1 Å². The van der Waals surface area contributed by atoms with Crippen molar-refractivity contribution in [3.63, 3.8) is 0 Å². The van der Waals surface area contributed by atoms with E-state index in [1.54, 1.807) is 0 Å². The number of hydrogen-bond donors (Lipinski definition) is 0. The average Bonchev–Trinajstić information content (AvgIpc) is 1.40. The Morgan fingerprint density at radius 1 is 0.540 bits per heavy atom. The van der Waals surface area contributed by atoms with Crippen LogP contribution < -0.4 is 0 Å².